The quantitative estimate of drug-likeness (QED) is 0.484. The summed E-state index contributed by atoms with van der Waals surface area (Å²) in [6, 6.07) is 23.7. The minimum absolute atomic E-state index is 0.0184. The SMILES string of the molecule is Cc1cccc(C)c1NC(=O)c1ccc2c(c1)[C@@H]1[C@H]3CC[C@@H](C3)[C@@H]1[C@@H](c1ccccc1)N2. The fourth-order valence-electron chi connectivity index (χ4n) is 6.81. The second-order valence-electron chi connectivity index (χ2n) is 9.99. The highest BCUT2D eigenvalue weighted by Crippen LogP contribution is 2.63. The first-order valence-electron chi connectivity index (χ1n) is 11.9. The van der Waals surface area contributed by atoms with E-state index in [2.05, 4.69) is 53.1 Å². The minimum atomic E-state index is -0.0184. The normalized spacial score (nSPS) is 27.4. The molecule has 2 aliphatic carbocycles. The van der Waals surface area contributed by atoms with Crippen LogP contribution in [0, 0.1) is 31.6 Å². The molecule has 0 radical (unpaired) electrons. The van der Waals surface area contributed by atoms with Crippen LogP contribution < -0.4 is 10.6 Å². The van der Waals surface area contributed by atoms with Crippen molar-refractivity contribution in [2.24, 2.45) is 17.8 Å². The van der Waals surface area contributed by atoms with Crippen molar-refractivity contribution in [3.63, 3.8) is 0 Å². The van der Waals surface area contributed by atoms with Gasteiger partial charge in [-0.15, -0.1) is 0 Å². The van der Waals surface area contributed by atoms with Crippen LogP contribution in [0.15, 0.2) is 66.7 Å². The number of nitrogens with one attached hydrogen (secondary N) is 2. The lowest BCUT2D eigenvalue weighted by Crippen LogP contribution is -2.35. The number of fused-ring (bicyclic) bond motifs is 7. The maximum absolute atomic E-state index is 13.2. The van der Waals surface area contributed by atoms with Crippen LogP contribution in [-0.2, 0) is 0 Å². The third-order valence-electron chi connectivity index (χ3n) is 8.23. The molecule has 3 nitrogen and oxygen atoms in total. The zero-order chi connectivity index (χ0) is 21.8. The number of amides is 1. The molecule has 1 heterocycles. The Balaban J connectivity index is 1.36. The first kappa shape index (κ1) is 19.6. The average molecular weight is 423 g/mol. The lowest BCUT2D eigenvalue weighted by atomic mass is 9.68. The Morgan fingerprint density at radius 1 is 0.906 bits per heavy atom. The van der Waals surface area contributed by atoms with Crippen molar-refractivity contribution < 1.29 is 4.79 Å². The summed E-state index contributed by atoms with van der Waals surface area (Å²) in [5, 5.41) is 7.04. The van der Waals surface area contributed by atoms with Crippen LogP contribution >= 0.6 is 0 Å². The number of anilines is 2. The molecule has 32 heavy (non-hydrogen) atoms. The molecule has 0 unspecified atom stereocenters. The van der Waals surface area contributed by atoms with Gasteiger partial charge in [0.1, 0.15) is 0 Å². The Bertz CT molecular complexity index is 1160. The fraction of sp³-hybridized carbons (Fsp3) is 0.345. The average Bonchev–Trinajstić information content (AvgIpc) is 3.44. The summed E-state index contributed by atoms with van der Waals surface area (Å²) < 4.78 is 0. The molecular formula is C29H30N2O. The van der Waals surface area contributed by atoms with Gasteiger partial charge in [0.25, 0.3) is 5.91 Å². The molecule has 0 aromatic heterocycles. The van der Waals surface area contributed by atoms with Gasteiger partial charge in [0.05, 0.1) is 6.04 Å². The molecule has 162 valence electrons. The second kappa shape index (κ2) is 7.51. The number of para-hydroxylation sites is 1. The zero-order valence-electron chi connectivity index (χ0n) is 18.8. The molecule has 2 N–H and O–H groups in total. The fourth-order valence-corrected chi connectivity index (χ4v) is 6.81. The van der Waals surface area contributed by atoms with E-state index in [9.17, 15) is 4.79 Å². The first-order valence-corrected chi connectivity index (χ1v) is 11.9. The van der Waals surface area contributed by atoms with Crippen molar-refractivity contribution in [2.45, 2.75) is 45.1 Å². The van der Waals surface area contributed by atoms with E-state index >= 15 is 0 Å². The number of rotatable bonds is 3. The topological polar surface area (TPSA) is 41.1 Å². The van der Waals surface area contributed by atoms with Crippen LogP contribution in [0.1, 0.15) is 63.8 Å². The van der Waals surface area contributed by atoms with Gasteiger partial charge in [0.15, 0.2) is 0 Å². The van der Waals surface area contributed by atoms with Crippen molar-refractivity contribution >= 4 is 17.3 Å². The van der Waals surface area contributed by atoms with Crippen molar-refractivity contribution in [1.29, 1.82) is 0 Å². The van der Waals surface area contributed by atoms with Crippen LogP contribution in [0.25, 0.3) is 0 Å². The van der Waals surface area contributed by atoms with Crippen molar-refractivity contribution in [2.75, 3.05) is 10.6 Å². The molecule has 5 atom stereocenters. The molecule has 2 bridgehead atoms. The summed E-state index contributed by atoms with van der Waals surface area (Å²) in [6.07, 6.45) is 4.00. The molecule has 6 rings (SSSR count). The van der Waals surface area contributed by atoms with E-state index in [1.165, 1.54) is 36.1 Å². The predicted octanol–water partition coefficient (Wildman–Crippen LogP) is 6.85. The molecule has 3 aliphatic rings. The van der Waals surface area contributed by atoms with E-state index in [4.69, 9.17) is 0 Å². The lowest BCUT2D eigenvalue weighted by molar-refractivity contribution is 0.102. The molecule has 3 aromatic carbocycles. The molecular weight excluding hydrogens is 392 g/mol. The lowest BCUT2D eigenvalue weighted by Gasteiger charge is -2.43. The van der Waals surface area contributed by atoms with Crippen LogP contribution in [-0.4, -0.2) is 5.91 Å². The van der Waals surface area contributed by atoms with Crippen molar-refractivity contribution in [3.8, 4) is 0 Å². The van der Waals surface area contributed by atoms with Crippen LogP contribution in [0.2, 0.25) is 0 Å². The van der Waals surface area contributed by atoms with Gasteiger partial charge >= 0.3 is 0 Å². The van der Waals surface area contributed by atoms with E-state index in [1.54, 1.807) is 0 Å². The Kier molecular flexibility index (Phi) is 4.60. The Labute approximate surface area is 190 Å². The maximum Gasteiger partial charge on any atom is 0.255 e. The van der Waals surface area contributed by atoms with E-state index in [1.807, 2.05) is 38.1 Å². The standard InChI is InChI=1S/C29H30N2O/c1-17-7-6-8-18(2)27(17)31-29(32)22-13-14-24-23(16-22)25-20-11-12-21(15-20)26(25)28(30-24)19-9-4-3-5-10-19/h3-10,13-14,16,20-21,25-26,28,30H,11-12,15H2,1-2H3,(H,31,32)/t20-,21-,25-,26-,28+/m0/s1. The number of benzene rings is 3. The summed E-state index contributed by atoms with van der Waals surface area (Å²) in [6.45, 7) is 4.09. The van der Waals surface area contributed by atoms with Gasteiger partial charge < -0.3 is 10.6 Å². The third kappa shape index (κ3) is 3.06. The smallest absolute Gasteiger partial charge is 0.255 e. The number of hydrogen-bond acceptors (Lipinski definition) is 2. The molecule has 2 fully saturated rings. The number of hydrogen-bond donors (Lipinski definition) is 2. The van der Waals surface area contributed by atoms with Crippen molar-refractivity contribution in [3.05, 3.63) is 94.5 Å². The summed E-state index contributed by atoms with van der Waals surface area (Å²) in [7, 11) is 0. The number of aryl methyl sites for hydroxylation is 2. The molecule has 1 amide bonds. The summed E-state index contributed by atoms with van der Waals surface area (Å²) in [5.41, 5.74) is 7.81. The second-order valence-corrected chi connectivity index (χ2v) is 9.99. The van der Waals surface area contributed by atoms with Crippen LogP contribution in [0.4, 0.5) is 11.4 Å². The highest BCUT2D eigenvalue weighted by atomic mass is 16.1. The highest BCUT2D eigenvalue weighted by Gasteiger charge is 2.53. The Morgan fingerprint density at radius 3 is 2.44 bits per heavy atom. The van der Waals surface area contributed by atoms with Crippen LogP contribution in [0.3, 0.4) is 0 Å². The summed E-state index contributed by atoms with van der Waals surface area (Å²) in [4.78, 5) is 13.2. The molecule has 1 aliphatic heterocycles. The molecule has 2 saturated carbocycles. The summed E-state index contributed by atoms with van der Waals surface area (Å²) >= 11 is 0. The maximum atomic E-state index is 13.2. The first-order chi connectivity index (χ1) is 15.6. The van der Waals surface area contributed by atoms with Gasteiger partial charge in [-0.25, -0.2) is 0 Å². The minimum Gasteiger partial charge on any atom is -0.378 e. The van der Waals surface area contributed by atoms with E-state index < -0.39 is 0 Å². The highest BCUT2D eigenvalue weighted by molar-refractivity contribution is 6.05. The van der Waals surface area contributed by atoms with Crippen molar-refractivity contribution in [1.82, 2.24) is 0 Å². The third-order valence-corrected chi connectivity index (χ3v) is 8.23. The van der Waals surface area contributed by atoms with Gasteiger partial charge in [0.2, 0.25) is 0 Å². The van der Waals surface area contributed by atoms with Gasteiger partial charge in [-0.3, -0.25) is 4.79 Å². The molecule has 3 aromatic rings. The van der Waals surface area contributed by atoms with E-state index in [-0.39, 0.29) is 5.91 Å². The number of carbonyl (C=O) groups excluding carboxylic acids is 1. The van der Waals surface area contributed by atoms with Gasteiger partial charge in [-0.05, 0) is 97.2 Å². The number of carbonyl (C=O) groups is 1. The molecule has 0 spiro atoms. The Hall–Kier alpha value is -3.07. The summed E-state index contributed by atoms with van der Waals surface area (Å²) in [5.74, 6) is 2.66. The van der Waals surface area contributed by atoms with Gasteiger partial charge in [-0.2, -0.15) is 0 Å². The van der Waals surface area contributed by atoms with E-state index in [0.29, 0.717) is 17.9 Å². The largest absolute Gasteiger partial charge is 0.378 e. The van der Waals surface area contributed by atoms with Gasteiger partial charge in [-0.1, -0.05) is 48.5 Å². The monoisotopic (exact) mass is 422 g/mol. The Morgan fingerprint density at radius 2 is 1.66 bits per heavy atom. The van der Waals surface area contributed by atoms with Crippen LogP contribution in [0.5, 0.6) is 0 Å². The zero-order valence-corrected chi connectivity index (χ0v) is 18.8. The van der Waals surface area contributed by atoms with Gasteiger partial charge in [0, 0.05) is 16.9 Å². The molecule has 3 heteroatoms. The van der Waals surface area contributed by atoms with E-state index in [0.717, 1.165) is 34.2 Å². The predicted molar refractivity (Wildman–Crippen MR) is 130 cm³/mol. The molecule has 0 saturated heterocycles.